The van der Waals surface area contributed by atoms with Crippen LogP contribution in [-0.2, 0) is 14.8 Å². The molecule has 0 aromatic carbocycles. The molecule has 1 aromatic heterocycles. The van der Waals surface area contributed by atoms with Gasteiger partial charge in [-0.3, -0.25) is 0 Å². The second-order valence-electron chi connectivity index (χ2n) is 5.95. The highest BCUT2D eigenvalue weighted by Crippen LogP contribution is 2.24. The molecule has 0 N–H and O–H groups in total. The molecule has 0 atom stereocenters. The second-order valence-corrected chi connectivity index (χ2v) is 7.83. The van der Waals surface area contributed by atoms with Gasteiger partial charge in [0.2, 0.25) is 10.0 Å². The number of hydrogen-bond acceptors (Lipinski definition) is 6. The van der Waals surface area contributed by atoms with Crippen molar-refractivity contribution in [1.82, 2.24) is 14.4 Å². The van der Waals surface area contributed by atoms with Crippen LogP contribution in [-0.4, -0.2) is 69.2 Å². The molecule has 1 aliphatic heterocycles. The summed E-state index contributed by atoms with van der Waals surface area (Å²) in [5.74, 6) is 0.364. The van der Waals surface area contributed by atoms with Gasteiger partial charge in [0.05, 0.1) is 0 Å². The topological polar surface area (TPSA) is 75.9 Å². The van der Waals surface area contributed by atoms with Crippen LogP contribution >= 0.6 is 0 Å². The lowest BCUT2D eigenvalue weighted by Gasteiger charge is -2.33. The maximum atomic E-state index is 12.7. The van der Waals surface area contributed by atoms with E-state index < -0.39 is 10.0 Å². The summed E-state index contributed by atoms with van der Waals surface area (Å²) in [5.41, 5.74) is 0.433. The van der Waals surface area contributed by atoms with Crippen LogP contribution in [0.3, 0.4) is 0 Å². The number of sulfonamides is 1. The monoisotopic (exact) mass is 345 g/mol. The van der Waals surface area contributed by atoms with Gasteiger partial charge in [-0.2, -0.15) is 4.31 Å². The quantitative estimate of drug-likeness (QED) is 0.663. The Balaban J connectivity index is 1.84. The van der Waals surface area contributed by atoms with Crippen molar-refractivity contribution < 1.29 is 17.7 Å². The van der Waals surface area contributed by atoms with Crippen molar-refractivity contribution in [2.24, 2.45) is 0 Å². The van der Waals surface area contributed by atoms with E-state index in [9.17, 15) is 8.42 Å². The Hall–Kier alpha value is -0.960. The third kappa shape index (κ3) is 4.53. The SMILES string of the molecule is COCCCCCN1CCN(S(=O)(=O)c2c(C)noc2C)CC1. The van der Waals surface area contributed by atoms with Gasteiger partial charge < -0.3 is 14.2 Å². The maximum Gasteiger partial charge on any atom is 0.248 e. The molecule has 1 aromatic rings. The van der Waals surface area contributed by atoms with Crippen molar-refractivity contribution >= 4 is 10.0 Å². The standard InChI is InChI=1S/C15H27N3O4S/c1-13-15(14(2)22-16-13)23(19,20)18-10-8-17(9-11-18)7-5-4-6-12-21-3/h4-12H2,1-3H3. The third-order valence-electron chi connectivity index (χ3n) is 4.22. The van der Waals surface area contributed by atoms with Crippen LogP contribution in [0.25, 0.3) is 0 Å². The van der Waals surface area contributed by atoms with E-state index in [1.807, 2.05) is 0 Å². The van der Waals surface area contributed by atoms with Crippen LogP contribution in [0.15, 0.2) is 9.42 Å². The molecule has 2 rings (SSSR count). The molecule has 8 heteroatoms. The number of ether oxygens (including phenoxy) is 1. The summed E-state index contributed by atoms with van der Waals surface area (Å²) in [7, 11) is -1.78. The molecular formula is C15H27N3O4S. The van der Waals surface area contributed by atoms with Gasteiger partial charge in [0, 0.05) is 39.9 Å². The van der Waals surface area contributed by atoms with E-state index in [0.717, 1.165) is 45.5 Å². The van der Waals surface area contributed by atoms with Crippen LogP contribution in [0.4, 0.5) is 0 Å². The first-order chi connectivity index (χ1) is 11.0. The highest BCUT2D eigenvalue weighted by Gasteiger charge is 2.33. The Labute approximate surface area is 138 Å². The van der Waals surface area contributed by atoms with Gasteiger partial charge in [-0.15, -0.1) is 0 Å². The first-order valence-corrected chi connectivity index (χ1v) is 9.55. The van der Waals surface area contributed by atoms with Gasteiger partial charge in [-0.1, -0.05) is 5.16 Å². The Morgan fingerprint density at radius 1 is 1.13 bits per heavy atom. The van der Waals surface area contributed by atoms with Crippen molar-refractivity contribution in [3.63, 3.8) is 0 Å². The average Bonchev–Trinajstić information content (AvgIpc) is 2.87. The van der Waals surface area contributed by atoms with E-state index in [0.29, 0.717) is 24.5 Å². The van der Waals surface area contributed by atoms with Crippen LogP contribution in [0, 0.1) is 13.8 Å². The summed E-state index contributed by atoms with van der Waals surface area (Å²) in [6.45, 7) is 7.71. The molecule has 0 amide bonds. The number of methoxy groups -OCH3 is 1. The van der Waals surface area contributed by atoms with Gasteiger partial charge >= 0.3 is 0 Å². The molecule has 0 saturated carbocycles. The van der Waals surface area contributed by atoms with E-state index in [4.69, 9.17) is 9.26 Å². The van der Waals surface area contributed by atoms with Crippen LogP contribution in [0.5, 0.6) is 0 Å². The molecule has 7 nitrogen and oxygen atoms in total. The minimum Gasteiger partial charge on any atom is -0.385 e. The molecule has 132 valence electrons. The van der Waals surface area contributed by atoms with E-state index in [1.165, 1.54) is 0 Å². The number of rotatable bonds is 8. The third-order valence-corrected chi connectivity index (χ3v) is 6.36. The molecule has 1 saturated heterocycles. The molecule has 1 aliphatic rings. The molecule has 0 bridgehead atoms. The Bertz CT molecular complexity index is 572. The lowest BCUT2D eigenvalue weighted by molar-refractivity contribution is 0.174. The molecule has 2 heterocycles. The lowest BCUT2D eigenvalue weighted by Crippen LogP contribution is -2.48. The minimum absolute atomic E-state index is 0.227. The molecule has 1 fully saturated rings. The normalized spacial score (nSPS) is 17.7. The van der Waals surface area contributed by atoms with Gasteiger partial charge in [0.1, 0.15) is 10.6 Å². The van der Waals surface area contributed by atoms with Gasteiger partial charge in [-0.05, 0) is 39.7 Å². The predicted octanol–water partition coefficient (Wildman–Crippen LogP) is 1.41. The number of aromatic nitrogens is 1. The molecule has 0 radical (unpaired) electrons. The maximum absolute atomic E-state index is 12.7. The van der Waals surface area contributed by atoms with Crippen molar-refractivity contribution in [1.29, 1.82) is 0 Å². The van der Waals surface area contributed by atoms with Crippen molar-refractivity contribution in [3.05, 3.63) is 11.5 Å². The number of aryl methyl sites for hydroxylation is 2. The lowest BCUT2D eigenvalue weighted by atomic mass is 10.2. The summed E-state index contributed by atoms with van der Waals surface area (Å²) in [6, 6.07) is 0. The summed E-state index contributed by atoms with van der Waals surface area (Å²) in [4.78, 5) is 2.55. The zero-order valence-electron chi connectivity index (χ0n) is 14.2. The molecule has 23 heavy (non-hydrogen) atoms. The fourth-order valence-corrected chi connectivity index (χ4v) is 4.64. The van der Waals surface area contributed by atoms with Gasteiger partial charge in [0.15, 0.2) is 5.76 Å². The fourth-order valence-electron chi connectivity index (χ4n) is 2.92. The zero-order chi connectivity index (χ0) is 16.9. The van der Waals surface area contributed by atoms with Crippen molar-refractivity contribution in [3.8, 4) is 0 Å². The number of hydrogen-bond donors (Lipinski definition) is 0. The minimum atomic E-state index is -3.50. The summed E-state index contributed by atoms with van der Waals surface area (Å²) < 4.78 is 37.0. The van der Waals surface area contributed by atoms with E-state index in [2.05, 4.69) is 10.1 Å². The summed E-state index contributed by atoms with van der Waals surface area (Å²) in [5, 5.41) is 3.76. The van der Waals surface area contributed by atoms with Gasteiger partial charge in [0.25, 0.3) is 0 Å². The highest BCUT2D eigenvalue weighted by molar-refractivity contribution is 7.89. The fraction of sp³-hybridized carbons (Fsp3) is 0.800. The molecule has 0 unspecified atom stereocenters. The number of nitrogens with zero attached hydrogens (tertiary/aromatic N) is 3. The van der Waals surface area contributed by atoms with Crippen LogP contribution in [0.2, 0.25) is 0 Å². The summed E-state index contributed by atoms with van der Waals surface area (Å²) >= 11 is 0. The zero-order valence-corrected chi connectivity index (χ0v) is 15.1. The van der Waals surface area contributed by atoms with Crippen LogP contribution in [0.1, 0.15) is 30.7 Å². The Morgan fingerprint density at radius 3 is 2.39 bits per heavy atom. The van der Waals surface area contributed by atoms with Crippen LogP contribution < -0.4 is 0 Å². The highest BCUT2D eigenvalue weighted by atomic mass is 32.2. The molecule has 0 spiro atoms. The second kappa shape index (κ2) is 8.23. The average molecular weight is 345 g/mol. The Kier molecular flexibility index (Phi) is 6.58. The Morgan fingerprint density at radius 2 is 1.83 bits per heavy atom. The van der Waals surface area contributed by atoms with E-state index >= 15 is 0 Å². The number of unbranched alkanes of at least 4 members (excludes halogenated alkanes) is 2. The smallest absolute Gasteiger partial charge is 0.248 e. The van der Waals surface area contributed by atoms with Crippen molar-refractivity contribution in [2.75, 3.05) is 46.4 Å². The van der Waals surface area contributed by atoms with Gasteiger partial charge in [-0.25, -0.2) is 8.42 Å². The van der Waals surface area contributed by atoms with Crippen molar-refractivity contribution in [2.45, 2.75) is 38.0 Å². The first-order valence-electron chi connectivity index (χ1n) is 8.11. The predicted molar refractivity (Wildman–Crippen MR) is 86.9 cm³/mol. The first kappa shape index (κ1) is 18.4. The summed E-state index contributed by atoms with van der Waals surface area (Å²) in [6.07, 6.45) is 3.35. The van der Waals surface area contributed by atoms with E-state index in [1.54, 1.807) is 25.3 Å². The number of piperazine rings is 1. The van der Waals surface area contributed by atoms with E-state index in [-0.39, 0.29) is 4.90 Å². The largest absolute Gasteiger partial charge is 0.385 e. The molecule has 0 aliphatic carbocycles. The molecular weight excluding hydrogens is 318 g/mol.